The number of carbonyl (C=O) groups is 2. The zero-order valence-corrected chi connectivity index (χ0v) is 18.5. The molecule has 2 aliphatic rings. The molecule has 0 aromatic heterocycles. The van der Waals surface area contributed by atoms with Crippen molar-refractivity contribution in [2.24, 2.45) is 5.92 Å². The fourth-order valence-electron chi connectivity index (χ4n) is 5.07. The van der Waals surface area contributed by atoms with Gasteiger partial charge in [0.15, 0.2) is 11.5 Å². The van der Waals surface area contributed by atoms with Crippen LogP contribution in [0.2, 0.25) is 0 Å². The molecule has 0 saturated carbocycles. The number of para-hydroxylation sites is 1. The zero-order chi connectivity index (χ0) is 22.6. The minimum absolute atomic E-state index is 0.0832. The van der Waals surface area contributed by atoms with Crippen LogP contribution in [0.15, 0.2) is 48.5 Å². The van der Waals surface area contributed by atoms with E-state index in [9.17, 15) is 14.7 Å². The minimum Gasteiger partial charge on any atom is -0.504 e. The van der Waals surface area contributed by atoms with Crippen LogP contribution in [0.25, 0.3) is 0 Å². The standard InChI is InChI=1S/C25H31N3O4/c1-32-21-11-5-10-19(22(21)29)17-28-15-12-20(13-16-28)25(23(30)26-24(31)27-25)14-6-9-18-7-3-2-4-8-18/h2-5,7-8,10-11,20,29H,6,9,12-17H2,1H3,(H2,26,27,30,31). The summed E-state index contributed by atoms with van der Waals surface area (Å²) in [6.45, 7) is 2.21. The summed E-state index contributed by atoms with van der Waals surface area (Å²) in [4.78, 5) is 27.2. The summed E-state index contributed by atoms with van der Waals surface area (Å²) in [5, 5.41) is 15.9. The van der Waals surface area contributed by atoms with E-state index in [0.29, 0.717) is 18.7 Å². The normalized spacial score (nSPS) is 21.9. The maximum Gasteiger partial charge on any atom is 0.322 e. The number of amides is 3. The van der Waals surface area contributed by atoms with Gasteiger partial charge in [0.2, 0.25) is 0 Å². The molecule has 0 bridgehead atoms. The lowest BCUT2D eigenvalue weighted by atomic mass is 9.74. The van der Waals surface area contributed by atoms with Crippen molar-refractivity contribution in [3.63, 3.8) is 0 Å². The Balaban J connectivity index is 1.39. The summed E-state index contributed by atoms with van der Waals surface area (Å²) in [7, 11) is 1.54. The maximum atomic E-state index is 12.9. The lowest BCUT2D eigenvalue weighted by Gasteiger charge is -2.40. The van der Waals surface area contributed by atoms with Crippen molar-refractivity contribution in [2.45, 2.75) is 44.2 Å². The molecule has 2 saturated heterocycles. The average molecular weight is 438 g/mol. The van der Waals surface area contributed by atoms with E-state index < -0.39 is 11.6 Å². The fourth-order valence-corrected chi connectivity index (χ4v) is 5.07. The van der Waals surface area contributed by atoms with Gasteiger partial charge in [-0.05, 0) is 62.7 Å². The largest absolute Gasteiger partial charge is 0.504 e. The van der Waals surface area contributed by atoms with E-state index in [0.717, 1.165) is 44.3 Å². The van der Waals surface area contributed by atoms with Crippen molar-refractivity contribution in [3.05, 3.63) is 59.7 Å². The Morgan fingerprint density at radius 2 is 1.84 bits per heavy atom. The number of carbonyl (C=O) groups excluding carboxylic acids is 2. The first kappa shape index (κ1) is 22.1. The molecule has 0 aliphatic carbocycles. The Morgan fingerprint density at radius 3 is 2.50 bits per heavy atom. The number of piperidine rings is 1. The molecule has 2 aromatic carbocycles. The Hall–Kier alpha value is -3.06. The molecule has 7 heteroatoms. The second kappa shape index (κ2) is 9.61. The third kappa shape index (κ3) is 4.58. The predicted octanol–water partition coefficient (Wildman–Crippen LogP) is 3.21. The van der Waals surface area contributed by atoms with Crippen molar-refractivity contribution in [1.82, 2.24) is 15.5 Å². The topological polar surface area (TPSA) is 90.9 Å². The van der Waals surface area contributed by atoms with Gasteiger partial charge >= 0.3 is 6.03 Å². The van der Waals surface area contributed by atoms with Gasteiger partial charge in [0.05, 0.1) is 7.11 Å². The SMILES string of the molecule is COc1cccc(CN2CCC(C3(CCCc4ccccc4)NC(=O)NC3=O)CC2)c1O. The molecular formula is C25H31N3O4. The van der Waals surface area contributed by atoms with Gasteiger partial charge in [-0.25, -0.2) is 4.79 Å². The molecule has 2 aliphatic heterocycles. The predicted molar refractivity (Wildman–Crippen MR) is 121 cm³/mol. The van der Waals surface area contributed by atoms with Crippen molar-refractivity contribution in [3.8, 4) is 11.5 Å². The summed E-state index contributed by atoms with van der Waals surface area (Å²) < 4.78 is 5.21. The average Bonchev–Trinajstić information content (AvgIpc) is 3.10. The smallest absolute Gasteiger partial charge is 0.322 e. The Labute approximate surface area is 188 Å². The highest BCUT2D eigenvalue weighted by Gasteiger charge is 2.51. The van der Waals surface area contributed by atoms with Gasteiger partial charge in [-0.3, -0.25) is 15.0 Å². The highest BCUT2D eigenvalue weighted by atomic mass is 16.5. The molecule has 2 aromatic rings. The molecule has 3 amide bonds. The van der Waals surface area contributed by atoms with Crippen LogP contribution in [-0.4, -0.2) is 47.7 Å². The second-order valence-electron chi connectivity index (χ2n) is 8.74. The van der Waals surface area contributed by atoms with E-state index in [4.69, 9.17) is 4.74 Å². The van der Waals surface area contributed by atoms with Gasteiger partial charge in [-0.2, -0.15) is 0 Å². The highest BCUT2D eigenvalue weighted by molar-refractivity contribution is 6.07. The van der Waals surface area contributed by atoms with Gasteiger partial charge in [-0.15, -0.1) is 0 Å². The number of urea groups is 1. The number of nitrogens with zero attached hydrogens (tertiary/aromatic N) is 1. The molecule has 32 heavy (non-hydrogen) atoms. The molecule has 7 nitrogen and oxygen atoms in total. The number of nitrogens with one attached hydrogen (secondary N) is 2. The molecule has 170 valence electrons. The quantitative estimate of drug-likeness (QED) is 0.552. The molecule has 4 rings (SSSR count). The summed E-state index contributed by atoms with van der Waals surface area (Å²) in [6.07, 6.45) is 3.95. The van der Waals surface area contributed by atoms with E-state index in [1.165, 1.54) is 5.56 Å². The van der Waals surface area contributed by atoms with E-state index in [1.807, 2.05) is 30.3 Å². The van der Waals surface area contributed by atoms with Gasteiger partial charge < -0.3 is 15.2 Å². The van der Waals surface area contributed by atoms with E-state index in [-0.39, 0.29) is 17.6 Å². The van der Waals surface area contributed by atoms with Crippen molar-refractivity contribution in [2.75, 3.05) is 20.2 Å². The van der Waals surface area contributed by atoms with Gasteiger partial charge in [0.25, 0.3) is 5.91 Å². The number of aryl methyl sites for hydroxylation is 1. The van der Waals surface area contributed by atoms with Crippen LogP contribution >= 0.6 is 0 Å². The van der Waals surface area contributed by atoms with Crippen LogP contribution in [0.1, 0.15) is 36.8 Å². The van der Waals surface area contributed by atoms with Gasteiger partial charge in [-0.1, -0.05) is 42.5 Å². The Morgan fingerprint density at radius 1 is 1.09 bits per heavy atom. The molecule has 0 radical (unpaired) electrons. The van der Waals surface area contributed by atoms with Crippen LogP contribution in [-0.2, 0) is 17.8 Å². The van der Waals surface area contributed by atoms with Crippen LogP contribution in [0, 0.1) is 5.92 Å². The van der Waals surface area contributed by atoms with E-state index in [1.54, 1.807) is 13.2 Å². The van der Waals surface area contributed by atoms with E-state index in [2.05, 4.69) is 27.7 Å². The van der Waals surface area contributed by atoms with Crippen LogP contribution in [0.5, 0.6) is 11.5 Å². The molecule has 2 heterocycles. The molecule has 1 unspecified atom stereocenters. The van der Waals surface area contributed by atoms with Crippen molar-refractivity contribution in [1.29, 1.82) is 0 Å². The van der Waals surface area contributed by atoms with Crippen LogP contribution < -0.4 is 15.4 Å². The first-order valence-electron chi connectivity index (χ1n) is 11.3. The molecule has 1 atom stereocenters. The summed E-state index contributed by atoms with van der Waals surface area (Å²) in [5.74, 6) is 0.538. The summed E-state index contributed by atoms with van der Waals surface area (Å²) in [6, 6.07) is 15.3. The molecular weight excluding hydrogens is 406 g/mol. The lowest BCUT2D eigenvalue weighted by Crippen LogP contribution is -2.56. The minimum atomic E-state index is -0.837. The number of likely N-dealkylation sites (tertiary alicyclic amines) is 1. The zero-order valence-electron chi connectivity index (χ0n) is 18.5. The number of hydrogen-bond donors (Lipinski definition) is 3. The molecule has 3 N–H and O–H groups in total. The molecule has 2 fully saturated rings. The number of phenols is 1. The summed E-state index contributed by atoms with van der Waals surface area (Å²) in [5.41, 5.74) is 1.23. The number of hydrogen-bond acceptors (Lipinski definition) is 5. The number of methoxy groups -OCH3 is 1. The van der Waals surface area contributed by atoms with Crippen molar-refractivity contribution >= 4 is 11.9 Å². The first-order chi connectivity index (χ1) is 15.5. The third-order valence-corrected chi connectivity index (χ3v) is 6.83. The monoisotopic (exact) mass is 437 g/mol. The number of phenolic OH excluding ortho intramolecular Hbond substituents is 1. The second-order valence-corrected chi connectivity index (χ2v) is 8.74. The summed E-state index contributed by atoms with van der Waals surface area (Å²) >= 11 is 0. The third-order valence-electron chi connectivity index (χ3n) is 6.83. The highest BCUT2D eigenvalue weighted by Crippen LogP contribution is 2.36. The van der Waals surface area contributed by atoms with Crippen molar-refractivity contribution < 1.29 is 19.4 Å². The van der Waals surface area contributed by atoms with Crippen LogP contribution in [0.4, 0.5) is 4.79 Å². The number of rotatable bonds is 8. The number of imide groups is 1. The maximum absolute atomic E-state index is 12.9. The lowest BCUT2D eigenvalue weighted by molar-refractivity contribution is -0.127. The van der Waals surface area contributed by atoms with E-state index >= 15 is 0 Å². The fraction of sp³-hybridized carbons (Fsp3) is 0.440. The first-order valence-corrected chi connectivity index (χ1v) is 11.3. The van der Waals surface area contributed by atoms with Crippen LogP contribution in [0.3, 0.4) is 0 Å². The Kier molecular flexibility index (Phi) is 6.65. The Bertz CT molecular complexity index is 957. The molecule has 0 spiro atoms. The number of benzene rings is 2. The number of aromatic hydroxyl groups is 1. The number of ether oxygens (including phenoxy) is 1. The van der Waals surface area contributed by atoms with Gasteiger partial charge in [0, 0.05) is 12.1 Å². The van der Waals surface area contributed by atoms with Gasteiger partial charge in [0.1, 0.15) is 5.54 Å².